The van der Waals surface area contributed by atoms with Crippen LogP contribution in [0.3, 0.4) is 0 Å². The van der Waals surface area contributed by atoms with Crippen LogP contribution >= 0.6 is 11.3 Å². The predicted molar refractivity (Wildman–Crippen MR) is 101 cm³/mol. The van der Waals surface area contributed by atoms with Crippen molar-refractivity contribution in [2.75, 3.05) is 12.3 Å². The van der Waals surface area contributed by atoms with Crippen LogP contribution in [0.4, 0.5) is 5.82 Å². The molecule has 1 aromatic carbocycles. The number of nitrogens with two attached hydrogens (primary N) is 1. The molecule has 0 radical (unpaired) electrons. The quantitative estimate of drug-likeness (QED) is 0.708. The van der Waals surface area contributed by atoms with Gasteiger partial charge in [-0.2, -0.15) is 5.26 Å². The molecule has 0 saturated heterocycles. The van der Waals surface area contributed by atoms with Gasteiger partial charge in [0.25, 0.3) is 0 Å². The van der Waals surface area contributed by atoms with Crippen LogP contribution in [0.15, 0.2) is 36.7 Å². The summed E-state index contributed by atoms with van der Waals surface area (Å²) in [7, 11) is 0. The smallest absolute Gasteiger partial charge is 0.246 e. The van der Waals surface area contributed by atoms with E-state index in [9.17, 15) is 4.79 Å². The number of benzene rings is 1. The van der Waals surface area contributed by atoms with Gasteiger partial charge in [0, 0.05) is 17.5 Å². The summed E-state index contributed by atoms with van der Waals surface area (Å²) in [4.78, 5) is 24.7. The van der Waals surface area contributed by atoms with Crippen LogP contribution in [-0.2, 0) is 17.8 Å². The van der Waals surface area contributed by atoms with Gasteiger partial charge in [0.15, 0.2) is 0 Å². The minimum atomic E-state index is -0.0695. The molecule has 0 atom stereocenters. The molecule has 6 nitrogen and oxygen atoms in total. The van der Waals surface area contributed by atoms with E-state index in [0.717, 1.165) is 32.6 Å². The zero-order valence-corrected chi connectivity index (χ0v) is 14.7. The first-order chi connectivity index (χ1) is 12.7. The summed E-state index contributed by atoms with van der Waals surface area (Å²) >= 11 is 1.56. The van der Waals surface area contributed by atoms with Crippen LogP contribution in [0.1, 0.15) is 21.6 Å². The Kier molecular flexibility index (Phi) is 4.11. The number of nitrogen functional groups attached to an aromatic ring is 1. The van der Waals surface area contributed by atoms with Gasteiger partial charge < -0.3 is 10.6 Å². The summed E-state index contributed by atoms with van der Waals surface area (Å²) in [6.45, 7) is 1.16. The molecule has 1 aliphatic heterocycles. The highest BCUT2D eigenvalue weighted by atomic mass is 32.1. The van der Waals surface area contributed by atoms with Gasteiger partial charge in [-0.1, -0.05) is 18.2 Å². The predicted octanol–water partition coefficient (Wildman–Crippen LogP) is 2.74. The molecule has 7 heteroatoms. The number of hydrogen-bond donors (Lipinski definition) is 1. The summed E-state index contributed by atoms with van der Waals surface area (Å²) in [5, 5.41) is 10.1. The lowest BCUT2D eigenvalue weighted by Gasteiger charge is -2.26. The van der Waals surface area contributed by atoms with Crippen molar-refractivity contribution in [2.45, 2.75) is 13.0 Å². The maximum atomic E-state index is 12.6. The molecule has 26 heavy (non-hydrogen) atoms. The average Bonchev–Trinajstić information content (AvgIpc) is 3.05. The number of nitrogens with zero attached hydrogens (tertiary/aromatic N) is 4. The fourth-order valence-corrected chi connectivity index (χ4v) is 4.36. The number of carbonyl (C=O) groups is 1. The SMILES string of the molecule is N#Cc1ccccc1C=CC(=O)N1CCc2c(sc3ncnc(N)c23)C1. The van der Waals surface area contributed by atoms with E-state index >= 15 is 0 Å². The Bertz CT molecular complexity index is 1080. The standard InChI is InChI=1S/C19H15N5OS/c20-9-13-4-2-1-3-12(13)5-6-16(25)24-8-7-14-15(10-24)26-19-17(14)18(21)22-11-23-19/h1-6,11H,7-8,10H2,(H2,21,22,23). The molecule has 0 spiro atoms. The molecule has 4 rings (SSSR count). The summed E-state index contributed by atoms with van der Waals surface area (Å²) in [5.41, 5.74) is 8.45. The second-order valence-corrected chi connectivity index (χ2v) is 7.07. The van der Waals surface area contributed by atoms with Crippen molar-refractivity contribution in [3.8, 4) is 6.07 Å². The van der Waals surface area contributed by atoms with Crippen molar-refractivity contribution in [3.05, 3.63) is 58.2 Å². The molecule has 0 saturated carbocycles. The van der Waals surface area contributed by atoms with Gasteiger partial charge in [0.05, 0.1) is 23.6 Å². The third kappa shape index (κ3) is 2.80. The van der Waals surface area contributed by atoms with Gasteiger partial charge in [-0.25, -0.2) is 9.97 Å². The summed E-state index contributed by atoms with van der Waals surface area (Å²) in [6.07, 6.45) is 5.44. The molecule has 0 fully saturated rings. The average molecular weight is 361 g/mol. The fourth-order valence-electron chi connectivity index (χ4n) is 3.15. The number of anilines is 1. The van der Waals surface area contributed by atoms with Gasteiger partial charge in [-0.15, -0.1) is 11.3 Å². The van der Waals surface area contributed by atoms with Crippen molar-refractivity contribution in [2.24, 2.45) is 0 Å². The van der Waals surface area contributed by atoms with Crippen LogP contribution in [0.25, 0.3) is 16.3 Å². The highest BCUT2D eigenvalue weighted by molar-refractivity contribution is 7.19. The van der Waals surface area contributed by atoms with Crippen LogP contribution in [0.5, 0.6) is 0 Å². The molecular formula is C19H15N5OS. The van der Waals surface area contributed by atoms with E-state index in [1.54, 1.807) is 34.4 Å². The van der Waals surface area contributed by atoms with Crippen molar-refractivity contribution in [1.29, 1.82) is 5.26 Å². The molecule has 128 valence electrons. The first kappa shape index (κ1) is 16.2. The van der Waals surface area contributed by atoms with E-state index in [4.69, 9.17) is 11.0 Å². The Morgan fingerprint density at radius 3 is 3.04 bits per heavy atom. The molecule has 3 heterocycles. The Morgan fingerprint density at radius 1 is 1.35 bits per heavy atom. The van der Waals surface area contributed by atoms with Crippen molar-refractivity contribution in [3.63, 3.8) is 0 Å². The molecule has 2 aromatic heterocycles. The number of amides is 1. The Labute approximate surface area is 154 Å². The van der Waals surface area contributed by atoms with Gasteiger partial charge in [-0.05, 0) is 29.7 Å². The normalized spacial score (nSPS) is 13.7. The number of hydrogen-bond acceptors (Lipinski definition) is 6. The maximum Gasteiger partial charge on any atom is 0.246 e. The van der Waals surface area contributed by atoms with Crippen molar-refractivity contribution < 1.29 is 4.79 Å². The van der Waals surface area contributed by atoms with Gasteiger partial charge in [0.1, 0.15) is 17.0 Å². The topological polar surface area (TPSA) is 95.9 Å². The number of fused-ring (bicyclic) bond motifs is 3. The Morgan fingerprint density at radius 2 is 2.19 bits per heavy atom. The molecular weight excluding hydrogens is 346 g/mol. The highest BCUT2D eigenvalue weighted by Gasteiger charge is 2.24. The minimum Gasteiger partial charge on any atom is -0.383 e. The first-order valence-electron chi connectivity index (χ1n) is 8.14. The zero-order chi connectivity index (χ0) is 18.1. The highest BCUT2D eigenvalue weighted by Crippen LogP contribution is 2.36. The second-order valence-electron chi connectivity index (χ2n) is 5.99. The van der Waals surface area contributed by atoms with Crippen LogP contribution in [-0.4, -0.2) is 27.3 Å². The molecule has 1 amide bonds. The largest absolute Gasteiger partial charge is 0.383 e. The van der Waals surface area contributed by atoms with E-state index < -0.39 is 0 Å². The minimum absolute atomic E-state index is 0.0695. The number of rotatable bonds is 2. The lowest BCUT2D eigenvalue weighted by atomic mass is 10.0. The van der Waals surface area contributed by atoms with E-state index in [1.807, 2.05) is 12.1 Å². The van der Waals surface area contributed by atoms with Crippen LogP contribution < -0.4 is 5.73 Å². The monoisotopic (exact) mass is 361 g/mol. The third-order valence-corrected chi connectivity index (χ3v) is 5.59. The van der Waals surface area contributed by atoms with Gasteiger partial charge >= 0.3 is 0 Å². The summed E-state index contributed by atoms with van der Waals surface area (Å²) < 4.78 is 0. The van der Waals surface area contributed by atoms with E-state index in [2.05, 4.69) is 16.0 Å². The summed E-state index contributed by atoms with van der Waals surface area (Å²) in [5.74, 6) is 0.431. The molecule has 1 aliphatic rings. The molecule has 3 aromatic rings. The van der Waals surface area contributed by atoms with E-state index in [0.29, 0.717) is 24.5 Å². The molecule has 0 bridgehead atoms. The molecule has 0 unspecified atom stereocenters. The van der Waals surface area contributed by atoms with E-state index in [1.165, 1.54) is 12.4 Å². The Hall–Kier alpha value is -3.24. The molecule has 2 N–H and O–H groups in total. The van der Waals surface area contributed by atoms with Crippen molar-refractivity contribution in [1.82, 2.24) is 14.9 Å². The number of thiophene rings is 1. The maximum absolute atomic E-state index is 12.6. The van der Waals surface area contributed by atoms with Crippen LogP contribution in [0, 0.1) is 11.3 Å². The molecule has 0 aliphatic carbocycles. The number of nitriles is 1. The fraction of sp³-hybridized carbons (Fsp3) is 0.158. The third-order valence-electron chi connectivity index (χ3n) is 4.46. The lowest BCUT2D eigenvalue weighted by molar-refractivity contribution is -0.126. The number of aromatic nitrogens is 2. The number of carbonyl (C=O) groups excluding carboxylic acids is 1. The van der Waals surface area contributed by atoms with Crippen LogP contribution in [0.2, 0.25) is 0 Å². The van der Waals surface area contributed by atoms with Crippen molar-refractivity contribution >= 4 is 39.4 Å². The first-order valence-corrected chi connectivity index (χ1v) is 8.96. The van der Waals surface area contributed by atoms with Gasteiger partial charge in [-0.3, -0.25) is 4.79 Å². The van der Waals surface area contributed by atoms with Gasteiger partial charge in [0.2, 0.25) is 5.91 Å². The zero-order valence-electron chi connectivity index (χ0n) is 13.8. The summed E-state index contributed by atoms with van der Waals surface area (Å²) in [6, 6.07) is 9.35. The lowest BCUT2D eigenvalue weighted by Crippen LogP contribution is -2.34. The second kappa shape index (κ2) is 6.58. The van der Waals surface area contributed by atoms with E-state index in [-0.39, 0.29) is 5.91 Å². The Balaban J connectivity index is 1.56.